The van der Waals surface area contributed by atoms with E-state index in [0.717, 1.165) is 10.8 Å². The fourth-order valence-electron chi connectivity index (χ4n) is 1.15. The number of thiophene rings is 1. The van der Waals surface area contributed by atoms with Gasteiger partial charge in [-0.3, -0.25) is 0 Å². The molecule has 1 heterocycles. The number of hydrogen-bond acceptors (Lipinski definition) is 2. The number of benzene rings is 1. The van der Waals surface area contributed by atoms with Crippen LogP contribution < -0.4 is 4.74 Å². The predicted molar refractivity (Wildman–Crippen MR) is 61.8 cm³/mol. The summed E-state index contributed by atoms with van der Waals surface area (Å²) in [7, 11) is 0. The lowest BCUT2D eigenvalue weighted by Gasteiger charge is -2.02. The average Bonchev–Trinajstić information content (AvgIpc) is 2.69. The zero-order valence-electron chi connectivity index (χ0n) is 8.23. The van der Waals surface area contributed by atoms with E-state index in [-0.39, 0.29) is 0 Å². The first-order chi connectivity index (χ1) is 7.28. The van der Waals surface area contributed by atoms with E-state index in [2.05, 4.69) is 4.85 Å². The van der Waals surface area contributed by atoms with Gasteiger partial charge in [-0.15, -0.1) is 11.3 Å². The number of aryl methyl sites for hydroxylation is 1. The van der Waals surface area contributed by atoms with E-state index in [4.69, 9.17) is 11.3 Å². The van der Waals surface area contributed by atoms with Crippen LogP contribution in [-0.2, 0) is 0 Å². The maximum atomic E-state index is 6.84. The van der Waals surface area contributed by atoms with Gasteiger partial charge in [0.05, 0.1) is 6.57 Å². The van der Waals surface area contributed by atoms with Gasteiger partial charge < -0.3 is 4.74 Å². The molecule has 0 aliphatic carbocycles. The van der Waals surface area contributed by atoms with Gasteiger partial charge in [0.25, 0.3) is 0 Å². The summed E-state index contributed by atoms with van der Waals surface area (Å²) in [5.74, 6) is 0.805. The highest BCUT2D eigenvalue weighted by atomic mass is 32.1. The van der Waals surface area contributed by atoms with Crippen LogP contribution in [0.15, 0.2) is 36.4 Å². The molecule has 0 N–H and O–H groups in total. The highest BCUT2D eigenvalue weighted by Crippen LogP contribution is 2.34. The highest BCUT2D eigenvalue weighted by molar-refractivity contribution is 7.17. The first kappa shape index (κ1) is 9.75. The summed E-state index contributed by atoms with van der Waals surface area (Å²) in [5.41, 5.74) is 1.20. The largest absolute Gasteiger partial charge is 0.448 e. The molecule has 1 aromatic heterocycles. The molecule has 15 heavy (non-hydrogen) atoms. The van der Waals surface area contributed by atoms with Gasteiger partial charge in [0.15, 0.2) is 5.06 Å². The second kappa shape index (κ2) is 4.16. The van der Waals surface area contributed by atoms with Crippen LogP contribution >= 0.6 is 11.3 Å². The summed E-state index contributed by atoms with van der Waals surface area (Å²) in [5, 5.41) is 1.40. The lowest BCUT2D eigenvalue weighted by molar-refractivity contribution is 0.496. The van der Waals surface area contributed by atoms with E-state index in [9.17, 15) is 0 Å². The van der Waals surface area contributed by atoms with Crippen LogP contribution in [0.2, 0.25) is 0 Å². The molecule has 0 aliphatic heterocycles. The van der Waals surface area contributed by atoms with Gasteiger partial charge in [0.1, 0.15) is 5.75 Å². The van der Waals surface area contributed by atoms with Gasteiger partial charge in [0.2, 0.25) is 5.00 Å². The number of nitrogens with zero attached hydrogens (tertiary/aromatic N) is 1. The van der Waals surface area contributed by atoms with Crippen molar-refractivity contribution >= 4 is 16.3 Å². The Bertz CT molecular complexity index is 493. The fraction of sp³-hybridized carbons (Fsp3) is 0.0833. The summed E-state index contributed by atoms with van der Waals surface area (Å²) < 4.78 is 5.59. The standard InChI is InChI=1S/C12H9NOS/c1-9-3-5-10(6-4-9)14-12-8-7-11(13-2)15-12/h3-8H,1H3. The molecular weight excluding hydrogens is 206 g/mol. The summed E-state index contributed by atoms with van der Waals surface area (Å²) >= 11 is 1.36. The number of ether oxygens (including phenoxy) is 1. The SMILES string of the molecule is [C-]#[N+]c1ccc(Oc2ccc(C)cc2)s1. The Morgan fingerprint density at radius 2 is 1.87 bits per heavy atom. The average molecular weight is 215 g/mol. The van der Waals surface area contributed by atoms with E-state index in [1.165, 1.54) is 16.9 Å². The summed E-state index contributed by atoms with van der Waals surface area (Å²) in [6.45, 7) is 8.88. The zero-order valence-corrected chi connectivity index (χ0v) is 9.04. The van der Waals surface area contributed by atoms with Crippen molar-refractivity contribution in [1.29, 1.82) is 0 Å². The van der Waals surface area contributed by atoms with Gasteiger partial charge in [0, 0.05) is 0 Å². The quantitative estimate of drug-likeness (QED) is 0.677. The summed E-state index contributed by atoms with van der Waals surface area (Å²) in [6, 6.07) is 11.4. The molecule has 1 aromatic carbocycles. The van der Waals surface area contributed by atoms with Crippen molar-refractivity contribution in [3.8, 4) is 10.8 Å². The summed E-state index contributed by atoms with van der Waals surface area (Å²) in [6.07, 6.45) is 0. The third-order valence-corrected chi connectivity index (χ3v) is 2.77. The second-order valence-electron chi connectivity index (χ2n) is 3.12. The smallest absolute Gasteiger partial charge is 0.244 e. The van der Waals surface area contributed by atoms with Crippen LogP contribution in [0.3, 0.4) is 0 Å². The lowest BCUT2D eigenvalue weighted by atomic mass is 10.2. The third-order valence-electron chi connectivity index (χ3n) is 1.92. The maximum Gasteiger partial charge on any atom is 0.244 e. The van der Waals surface area contributed by atoms with Crippen molar-refractivity contribution in [1.82, 2.24) is 0 Å². The first-order valence-corrected chi connectivity index (χ1v) is 5.31. The Balaban J connectivity index is 2.15. The van der Waals surface area contributed by atoms with Crippen molar-refractivity contribution in [2.24, 2.45) is 0 Å². The van der Waals surface area contributed by atoms with Crippen LogP contribution in [-0.4, -0.2) is 0 Å². The Morgan fingerprint density at radius 3 is 2.47 bits per heavy atom. The second-order valence-corrected chi connectivity index (χ2v) is 4.14. The van der Waals surface area contributed by atoms with Crippen LogP contribution in [0.25, 0.3) is 4.85 Å². The van der Waals surface area contributed by atoms with E-state index < -0.39 is 0 Å². The Hall–Kier alpha value is -1.79. The molecule has 0 fully saturated rings. The van der Waals surface area contributed by atoms with Crippen LogP contribution in [0.4, 0.5) is 5.00 Å². The minimum atomic E-state index is 0.650. The molecule has 2 rings (SSSR count). The molecule has 0 radical (unpaired) electrons. The third kappa shape index (κ3) is 2.36. The van der Waals surface area contributed by atoms with Gasteiger partial charge >= 0.3 is 0 Å². The van der Waals surface area contributed by atoms with Crippen LogP contribution in [0, 0.1) is 13.5 Å². The molecule has 3 heteroatoms. The van der Waals surface area contributed by atoms with Gasteiger partial charge in [-0.25, -0.2) is 4.85 Å². The highest BCUT2D eigenvalue weighted by Gasteiger charge is 2.01. The lowest BCUT2D eigenvalue weighted by Crippen LogP contribution is -1.79. The Kier molecular flexibility index (Phi) is 2.70. The van der Waals surface area contributed by atoms with Crippen molar-refractivity contribution in [3.63, 3.8) is 0 Å². The topological polar surface area (TPSA) is 13.6 Å². The number of rotatable bonds is 2. The monoisotopic (exact) mass is 215 g/mol. The van der Waals surface area contributed by atoms with Gasteiger partial charge in [-0.05, 0) is 31.2 Å². The van der Waals surface area contributed by atoms with Gasteiger partial charge in [-0.1, -0.05) is 17.7 Å². The van der Waals surface area contributed by atoms with E-state index >= 15 is 0 Å². The fourth-order valence-corrected chi connectivity index (χ4v) is 1.81. The molecule has 0 saturated heterocycles. The molecule has 0 saturated carbocycles. The van der Waals surface area contributed by atoms with Gasteiger partial charge in [-0.2, -0.15) is 0 Å². The minimum absolute atomic E-state index is 0.650. The van der Waals surface area contributed by atoms with Crippen LogP contribution in [0.5, 0.6) is 10.8 Å². The molecular formula is C12H9NOS. The van der Waals surface area contributed by atoms with Crippen molar-refractivity contribution < 1.29 is 4.74 Å². The molecule has 2 aromatic rings. The minimum Gasteiger partial charge on any atom is -0.448 e. The Morgan fingerprint density at radius 1 is 1.13 bits per heavy atom. The van der Waals surface area contributed by atoms with E-state index in [0.29, 0.717) is 5.00 Å². The van der Waals surface area contributed by atoms with Crippen molar-refractivity contribution in [3.05, 3.63) is 53.4 Å². The number of hydrogen-bond donors (Lipinski definition) is 0. The van der Waals surface area contributed by atoms with E-state index in [1.54, 1.807) is 6.07 Å². The molecule has 0 amide bonds. The molecule has 0 spiro atoms. The van der Waals surface area contributed by atoms with Crippen molar-refractivity contribution in [2.45, 2.75) is 6.92 Å². The molecule has 0 bridgehead atoms. The van der Waals surface area contributed by atoms with Crippen molar-refractivity contribution in [2.75, 3.05) is 0 Å². The molecule has 0 aliphatic rings. The Labute approximate surface area is 92.6 Å². The zero-order chi connectivity index (χ0) is 10.7. The predicted octanol–water partition coefficient (Wildman–Crippen LogP) is 4.40. The summed E-state index contributed by atoms with van der Waals surface area (Å²) in [4.78, 5) is 3.34. The molecule has 74 valence electrons. The molecule has 2 nitrogen and oxygen atoms in total. The van der Waals surface area contributed by atoms with Crippen LogP contribution in [0.1, 0.15) is 5.56 Å². The molecule has 0 unspecified atom stereocenters. The normalized spacial score (nSPS) is 9.60. The molecule has 0 atom stereocenters. The van der Waals surface area contributed by atoms with E-state index in [1.807, 2.05) is 37.3 Å². The maximum absolute atomic E-state index is 6.84. The first-order valence-electron chi connectivity index (χ1n) is 4.50.